The highest BCUT2D eigenvalue weighted by molar-refractivity contribution is 6.32. The third-order valence-corrected chi connectivity index (χ3v) is 3.98. The Morgan fingerprint density at radius 3 is 2.78 bits per heavy atom. The summed E-state index contributed by atoms with van der Waals surface area (Å²) in [6, 6.07) is 5.66. The largest absolute Gasteiger partial charge is 0.436 e. The molecule has 0 spiro atoms. The fourth-order valence-electron chi connectivity index (χ4n) is 2.55. The van der Waals surface area contributed by atoms with Gasteiger partial charge < -0.3 is 10.5 Å². The number of aromatic nitrogens is 2. The van der Waals surface area contributed by atoms with E-state index in [1.165, 1.54) is 25.2 Å². The minimum atomic E-state index is -0.657. The summed E-state index contributed by atoms with van der Waals surface area (Å²) in [5.41, 5.74) is 6.36. The maximum Gasteiger partial charge on any atom is 0.269 e. The van der Waals surface area contributed by atoms with E-state index in [0.717, 1.165) is 25.2 Å². The second-order valence-electron chi connectivity index (χ2n) is 5.46. The number of amides is 1. The Morgan fingerprint density at radius 2 is 2.09 bits per heavy atom. The number of carbonyl (C=O) groups is 1. The highest BCUT2D eigenvalue weighted by atomic mass is 35.5. The molecule has 2 heterocycles. The van der Waals surface area contributed by atoms with Gasteiger partial charge in [-0.05, 0) is 43.6 Å². The Bertz CT molecular complexity index is 717. The number of carbonyl (C=O) groups excluding carboxylic acids is 1. The summed E-state index contributed by atoms with van der Waals surface area (Å²) in [6.45, 7) is 3.15. The average Bonchev–Trinajstić information content (AvgIpc) is 3.03. The quantitative estimate of drug-likeness (QED) is 0.910. The van der Waals surface area contributed by atoms with Crippen molar-refractivity contribution in [2.24, 2.45) is 5.73 Å². The molecule has 0 saturated carbocycles. The first-order chi connectivity index (χ1) is 11.1. The van der Waals surface area contributed by atoms with Gasteiger partial charge in [-0.2, -0.15) is 0 Å². The first-order valence-corrected chi connectivity index (χ1v) is 7.80. The van der Waals surface area contributed by atoms with Crippen LogP contribution in [0.3, 0.4) is 0 Å². The van der Waals surface area contributed by atoms with Gasteiger partial charge in [-0.1, -0.05) is 17.7 Å². The van der Waals surface area contributed by atoms with Crippen LogP contribution in [0.15, 0.2) is 30.6 Å². The molecule has 1 amide bonds. The topological polar surface area (TPSA) is 81.3 Å². The molecule has 3 rings (SSSR count). The number of halogens is 1. The number of primary amides is 1. The maximum absolute atomic E-state index is 11.1. The van der Waals surface area contributed by atoms with E-state index in [4.69, 9.17) is 22.1 Å². The van der Waals surface area contributed by atoms with Gasteiger partial charge in [0.15, 0.2) is 0 Å². The van der Waals surface area contributed by atoms with E-state index in [0.29, 0.717) is 10.8 Å². The van der Waals surface area contributed by atoms with Crippen LogP contribution in [0.1, 0.15) is 28.9 Å². The van der Waals surface area contributed by atoms with Crippen LogP contribution >= 0.6 is 11.6 Å². The molecular formula is C16H17ClN4O2. The molecule has 23 heavy (non-hydrogen) atoms. The van der Waals surface area contributed by atoms with Crippen LogP contribution in [0.4, 0.5) is 0 Å². The molecule has 0 atom stereocenters. The van der Waals surface area contributed by atoms with Crippen LogP contribution < -0.4 is 10.5 Å². The number of ether oxygens (including phenoxy) is 1. The van der Waals surface area contributed by atoms with Gasteiger partial charge in [-0.15, -0.1) is 0 Å². The van der Waals surface area contributed by atoms with Crippen molar-refractivity contribution in [2.45, 2.75) is 19.4 Å². The van der Waals surface area contributed by atoms with E-state index >= 15 is 0 Å². The maximum atomic E-state index is 11.1. The standard InChI is InChI=1S/C16H17ClN4O2/c17-12-7-11(10-21-5-1-2-6-21)3-4-14(12)23-15-9-19-8-13(20-15)16(18)22/h3-4,7-9H,1-2,5-6,10H2,(H2,18,22). The minimum Gasteiger partial charge on any atom is -0.436 e. The van der Waals surface area contributed by atoms with Crippen LogP contribution in [0.2, 0.25) is 5.02 Å². The first-order valence-electron chi connectivity index (χ1n) is 7.42. The number of nitrogens with two attached hydrogens (primary N) is 1. The summed E-state index contributed by atoms with van der Waals surface area (Å²) in [7, 11) is 0. The number of nitrogens with zero attached hydrogens (tertiary/aromatic N) is 3. The van der Waals surface area contributed by atoms with E-state index in [-0.39, 0.29) is 11.6 Å². The molecule has 1 aromatic carbocycles. The van der Waals surface area contributed by atoms with Crippen LogP contribution in [0.25, 0.3) is 0 Å². The van der Waals surface area contributed by atoms with Crippen molar-refractivity contribution in [1.82, 2.24) is 14.9 Å². The predicted octanol–water partition coefficient (Wildman–Crippen LogP) is 2.62. The number of hydrogen-bond acceptors (Lipinski definition) is 5. The molecule has 2 N–H and O–H groups in total. The van der Waals surface area contributed by atoms with E-state index in [1.54, 1.807) is 6.07 Å². The molecule has 6 nitrogen and oxygen atoms in total. The Labute approximate surface area is 139 Å². The Balaban J connectivity index is 1.73. The highest BCUT2D eigenvalue weighted by Gasteiger charge is 2.13. The van der Waals surface area contributed by atoms with Gasteiger partial charge in [-0.25, -0.2) is 4.98 Å². The molecule has 1 aliphatic heterocycles. The smallest absolute Gasteiger partial charge is 0.269 e. The molecule has 0 radical (unpaired) electrons. The monoisotopic (exact) mass is 332 g/mol. The van der Waals surface area contributed by atoms with Crippen molar-refractivity contribution in [3.05, 3.63) is 46.9 Å². The van der Waals surface area contributed by atoms with E-state index in [1.807, 2.05) is 12.1 Å². The predicted molar refractivity (Wildman–Crippen MR) is 86.6 cm³/mol. The number of hydrogen-bond donors (Lipinski definition) is 1. The zero-order valence-corrected chi connectivity index (χ0v) is 13.3. The second kappa shape index (κ2) is 6.93. The average molecular weight is 333 g/mol. The van der Waals surface area contributed by atoms with Gasteiger partial charge in [0.2, 0.25) is 5.88 Å². The Morgan fingerprint density at radius 1 is 1.30 bits per heavy atom. The minimum absolute atomic E-state index is 0.0456. The first kappa shape index (κ1) is 15.7. The summed E-state index contributed by atoms with van der Waals surface area (Å²) in [6.07, 6.45) is 5.20. The summed E-state index contributed by atoms with van der Waals surface area (Å²) in [4.78, 5) is 21.4. The molecule has 2 aromatic rings. The van der Waals surface area contributed by atoms with Crippen molar-refractivity contribution >= 4 is 17.5 Å². The summed E-state index contributed by atoms with van der Waals surface area (Å²) < 4.78 is 5.60. The SMILES string of the molecule is NC(=O)c1cncc(Oc2ccc(CN3CCCC3)cc2Cl)n1. The van der Waals surface area contributed by atoms with Crippen LogP contribution in [0.5, 0.6) is 11.6 Å². The van der Waals surface area contributed by atoms with Crippen molar-refractivity contribution < 1.29 is 9.53 Å². The molecule has 0 unspecified atom stereocenters. The van der Waals surface area contributed by atoms with Gasteiger partial charge in [-0.3, -0.25) is 14.7 Å². The van der Waals surface area contributed by atoms with E-state index < -0.39 is 5.91 Å². The molecule has 0 bridgehead atoms. The normalized spacial score (nSPS) is 14.8. The molecule has 1 fully saturated rings. The Hall–Kier alpha value is -2.18. The van der Waals surface area contributed by atoms with Crippen LogP contribution in [-0.4, -0.2) is 33.9 Å². The fourth-order valence-corrected chi connectivity index (χ4v) is 2.79. The molecule has 120 valence electrons. The molecule has 1 aliphatic rings. The van der Waals surface area contributed by atoms with Gasteiger partial charge in [0.05, 0.1) is 17.4 Å². The molecule has 0 aliphatic carbocycles. The summed E-state index contributed by atoms with van der Waals surface area (Å²) in [5.74, 6) is -0.0155. The summed E-state index contributed by atoms with van der Waals surface area (Å²) in [5, 5.41) is 0.493. The van der Waals surface area contributed by atoms with Crippen molar-refractivity contribution in [3.63, 3.8) is 0 Å². The Kier molecular flexibility index (Phi) is 4.73. The number of likely N-dealkylation sites (tertiary alicyclic amines) is 1. The zero-order chi connectivity index (χ0) is 16.2. The van der Waals surface area contributed by atoms with Crippen molar-refractivity contribution in [3.8, 4) is 11.6 Å². The van der Waals surface area contributed by atoms with Gasteiger partial charge in [0.1, 0.15) is 11.4 Å². The van der Waals surface area contributed by atoms with Gasteiger partial charge >= 0.3 is 0 Å². The number of rotatable bonds is 5. The fraction of sp³-hybridized carbons (Fsp3) is 0.312. The van der Waals surface area contributed by atoms with Gasteiger partial charge in [0.25, 0.3) is 5.91 Å². The van der Waals surface area contributed by atoms with Crippen LogP contribution in [0, 0.1) is 0 Å². The molecule has 7 heteroatoms. The zero-order valence-electron chi connectivity index (χ0n) is 12.5. The van der Waals surface area contributed by atoms with Crippen molar-refractivity contribution in [2.75, 3.05) is 13.1 Å². The van der Waals surface area contributed by atoms with E-state index in [9.17, 15) is 4.79 Å². The highest BCUT2D eigenvalue weighted by Crippen LogP contribution is 2.29. The lowest BCUT2D eigenvalue weighted by atomic mass is 10.2. The molecule has 1 aromatic heterocycles. The third kappa shape index (κ3) is 3.97. The second-order valence-corrected chi connectivity index (χ2v) is 5.86. The molecule has 1 saturated heterocycles. The molecular weight excluding hydrogens is 316 g/mol. The lowest BCUT2D eigenvalue weighted by Gasteiger charge is -2.15. The van der Waals surface area contributed by atoms with Crippen molar-refractivity contribution in [1.29, 1.82) is 0 Å². The third-order valence-electron chi connectivity index (χ3n) is 3.68. The summed E-state index contributed by atoms with van der Waals surface area (Å²) >= 11 is 6.28. The van der Waals surface area contributed by atoms with E-state index in [2.05, 4.69) is 14.9 Å². The lowest BCUT2D eigenvalue weighted by molar-refractivity contribution is 0.0994. The number of benzene rings is 1. The lowest BCUT2D eigenvalue weighted by Crippen LogP contribution is -2.18. The van der Waals surface area contributed by atoms with Gasteiger partial charge in [0, 0.05) is 6.54 Å². The van der Waals surface area contributed by atoms with Crippen LogP contribution in [-0.2, 0) is 6.54 Å².